The Balaban J connectivity index is 1.72. The van der Waals surface area contributed by atoms with E-state index in [1.54, 1.807) is 24.3 Å². The van der Waals surface area contributed by atoms with Crippen LogP contribution in [0.3, 0.4) is 0 Å². The fourth-order valence-corrected chi connectivity index (χ4v) is 3.16. The lowest BCUT2D eigenvalue weighted by Crippen LogP contribution is -2.29. The highest BCUT2D eigenvalue weighted by atomic mass is 35.5. The van der Waals surface area contributed by atoms with E-state index in [0.29, 0.717) is 36.0 Å². The highest BCUT2D eigenvalue weighted by molar-refractivity contribution is 6.30. The zero-order chi connectivity index (χ0) is 20.5. The van der Waals surface area contributed by atoms with Crippen molar-refractivity contribution in [3.63, 3.8) is 0 Å². The van der Waals surface area contributed by atoms with Crippen LogP contribution in [0.15, 0.2) is 48.5 Å². The van der Waals surface area contributed by atoms with Gasteiger partial charge in [0, 0.05) is 23.7 Å². The normalized spacial score (nSPS) is 11.9. The largest absolute Gasteiger partial charge is 0.356 e. The minimum absolute atomic E-state index is 0.0214. The molecule has 0 radical (unpaired) electrons. The summed E-state index contributed by atoms with van der Waals surface area (Å²) in [6, 6.07) is 15.3. The first-order valence-electron chi connectivity index (χ1n) is 9.77. The van der Waals surface area contributed by atoms with Crippen LogP contribution in [-0.4, -0.2) is 18.4 Å². The van der Waals surface area contributed by atoms with E-state index in [1.165, 1.54) is 5.56 Å². The molecule has 0 aliphatic carbocycles. The fourth-order valence-electron chi connectivity index (χ4n) is 2.97. The molecule has 0 aromatic heterocycles. The van der Waals surface area contributed by atoms with Crippen LogP contribution in [0, 0.1) is 5.92 Å². The van der Waals surface area contributed by atoms with Gasteiger partial charge in [0.1, 0.15) is 0 Å². The maximum atomic E-state index is 12.4. The molecule has 1 unspecified atom stereocenters. The van der Waals surface area contributed by atoms with Crippen LogP contribution >= 0.6 is 11.6 Å². The van der Waals surface area contributed by atoms with Gasteiger partial charge >= 0.3 is 0 Å². The molecule has 0 aliphatic rings. The zero-order valence-electron chi connectivity index (χ0n) is 16.8. The van der Waals surface area contributed by atoms with Crippen molar-refractivity contribution in [1.82, 2.24) is 5.32 Å². The minimum Gasteiger partial charge on any atom is -0.356 e. The van der Waals surface area contributed by atoms with E-state index in [0.717, 1.165) is 12.0 Å². The summed E-state index contributed by atoms with van der Waals surface area (Å²) in [5.41, 5.74) is 2.97. The van der Waals surface area contributed by atoms with Crippen molar-refractivity contribution < 1.29 is 9.59 Å². The SMILES string of the molecule is CC(C)Cc1ccc(C(C)C(=O)NCCCC(=O)Nc2cccc(Cl)c2)cc1. The monoisotopic (exact) mass is 400 g/mol. The summed E-state index contributed by atoms with van der Waals surface area (Å²) in [7, 11) is 0. The van der Waals surface area contributed by atoms with Gasteiger partial charge in [-0.1, -0.05) is 55.8 Å². The lowest BCUT2D eigenvalue weighted by Gasteiger charge is -2.14. The van der Waals surface area contributed by atoms with Crippen molar-refractivity contribution in [2.45, 2.75) is 46.0 Å². The van der Waals surface area contributed by atoms with Crippen molar-refractivity contribution in [3.8, 4) is 0 Å². The molecule has 1 atom stereocenters. The standard InChI is InChI=1S/C23H29ClN2O2/c1-16(2)14-18-9-11-19(12-10-18)17(3)23(28)25-13-5-8-22(27)26-21-7-4-6-20(24)15-21/h4,6-7,9-12,15-17H,5,8,13-14H2,1-3H3,(H,25,28)(H,26,27). The number of carbonyl (C=O) groups is 2. The summed E-state index contributed by atoms with van der Waals surface area (Å²) < 4.78 is 0. The van der Waals surface area contributed by atoms with E-state index in [-0.39, 0.29) is 17.7 Å². The molecule has 0 aliphatic heterocycles. The Kier molecular flexibility index (Phi) is 8.52. The highest BCUT2D eigenvalue weighted by Gasteiger charge is 2.15. The first-order chi connectivity index (χ1) is 13.3. The number of rotatable bonds is 9. The Morgan fingerprint density at radius 2 is 1.75 bits per heavy atom. The molecule has 5 heteroatoms. The summed E-state index contributed by atoms with van der Waals surface area (Å²) in [6.07, 6.45) is 1.96. The molecule has 2 N–H and O–H groups in total. The molecule has 4 nitrogen and oxygen atoms in total. The second-order valence-corrected chi connectivity index (χ2v) is 7.95. The van der Waals surface area contributed by atoms with Crippen LogP contribution in [-0.2, 0) is 16.0 Å². The molecule has 2 aromatic rings. The lowest BCUT2D eigenvalue weighted by atomic mass is 9.96. The molecule has 0 fully saturated rings. The van der Waals surface area contributed by atoms with Gasteiger partial charge in [0.2, 0.25) is 11.8 Å². The van der Waals surface area contributed by atoms with Gasteiger partial charge in [-0.05, 0) is 55.0 Å². The topological polar surface area (TPSA) is 58.2 Å². The van der Waals surface area contributed by atoms with Crippen LogP contribution < -0.4 is 10.6 Å². The number of amides is 2. The summed E-state index contributed by atoms with van der Waals surface area (Å²) in [5, 5.41) is 6.30. The third-order valence-electron chi connectivity index (χ3n) is 4.51. The Hall–Kier alpha value is -2.33. The first kappa shape index (κ1) is 22.0. The van der Waals surface area contributed by atoms with Crippen LogP contribution in [0.1, 0.15) is 50.7 Å². The number of halogens is 1. The molecular weight excluding hydrogens is 372 g/mol. The summed E-state index contributed by atoms with van der Waals surface area (Å²) in [6.45, 7) is 6.76. The molecule has 2 rings (SSSR count). The summed E-state index contributed by atoms with van der Waals surface area (Å²) >= 11 is 5.90. The Morgan fingerprint density at radius 3 is 2.39 bits per heavy atom. The number of hydrogen-bond donors (Lipinski definition) is 2. The average Bonchev–Trinajstić information content (AvgIpc) is 2.64. The zero-order valence-corrected chi connectivity index (χ0v) is 17.6. The van der Waals surface area contributed by atoms with Crippen LogP contribution in [0.25, 0.3) is 0 Å². The van der Waals surface area contributed by atoms with Gasteiger partial charge in [0.05, 0.1) is 5.92 Å². The number of anilines is 1. The maximum absolute atomic E-state index is 12.4. The van der Waals surface area contributed by atoms with E-state index in [2.05, 4.69) is 36.6 Å². The van der Waals surface area contributed by atoms with E-state index >= 15 is 0 Å². The quantitative estimate of drug-likeness (QED) is 0.570. The molecule has 0 bridgehead atoms. The van der Waals surface area contributed by atoms with Gasteiger partial charge in [0.25, 0.3) is 0 Å². The van der Waals surface area contributed by atoms with Crippen molar-refractivity contribution in [2.24, 2.45) is 5.92 Å². The van der Waals surface area contributed by atoms with Crippen LogP contribution in [0.2, 0.25) is 5.02 Å². The Morgan fingerprint density at radius 1 is 1.04 bits per heavy atom. The molecule has 0 spiro atoms. The van der Waals surface area contributed by atoms with E-state index in [1.807, 2.05) is 19.1 Å². The lowest BCUT2D eigenvalue weighted by molar-refractivity contribution is -0.122. The average molecular weight is 401 g/mol. The van der Waals surface area contributed by atoms with Crippen molar-refractivity contribution in [2.75, 3.05) is 11.9 Å². The van der Waals surface area contributed by atoms with E-state index < -0.39 is 0 Å². The van der Waals surface area contributed by atoms with E-state index in [9.17, 15) is 9.59 Å². The third kappa shape index (κ3) is 7.35. The fraction of sp³-hybridized carbons (Fsp3) is 0.391. The predicted octanol–water partition coefficient (Wildman–Crippen LogP) is 5.18. The smallest absolute Gasteiger partial charge is 0.227 e. The molecule has 2 amide bonds. The second kappa shape index (κ2) is 10.9. The number of hydrogen-bond acceptors (Lipinski definition) is 2. The highest BCUT2D eigenvalue weighted by Crippen LogP contribution is 2.18. The summed E-state index contributed by atoms with van der Waals surface area (Å²) in [4.78, 5) is 24.3. The van der Waals surface area contributed by atoms with Crippen molar-refractivity contribution in [1.29, 1.82) is 0 Å². The van der Waals surface area contributed by atoms with Gasteiger partial charge in [0.15, 0.2) is 0 Å². The molecule has 28 heavy (non-hydrogen) atoms. The van der Waals surface area contributed by atoms with Crippen molar-refractivity contribution in [3.05, 3.63) is 64.7 Å². The van der Waals surface area contributed by atoms with E-state index in [4.69, 9.17) is 11.6 Å². The summed E-state index contributed by atoms with van der Waals surface area (Å²) in [5.74, 6) is 0.285. The van der Waals surface area contributed by atoms with Crippen LogP contribution in [0.5, 0.6) is 0 Å². The Labute approximate surface area is 172 Å². The van der Waals surface area contributed by atoms with Gasteiger partial charge in [-0.3, -0.25) is 9.59 Å². The molecule has 2 aromatic carbocycles. The molecule has 0 heterocycles. The molecule has 0 saturated heterocycles. The number of nitrogens with one attached hydrogen (secondary N) is 2. The molecular formula is C23H29ClN2O2. The van der Waals surface area contributed by atoms with Gasteiger partial charge in [-0.2, -0.15) is 0 Å². The third-order valence-corrected chi connectivity index (χ3v) is 4.74. The van der Waals surface area contributed by atoms with Gasteiger partial charge < -0.3 is 10.6 Å². The first-order valence-corrected chi connectivity index (χ1v) is 10.1. The Bertz CT molecular complexity index is 787. The van der Waals surface area contributed by atoms with Gasteiger partial charge in [-0.15, -0.1) is 0 Å². The van der Waals surface area contributed by atoms with Crippen LogP contribution in [0.4, 0.5) is 5.69 Å². The molecule has 0 saturated carbocycles. The molecule has 150 valence electrons. The number of benzene rings is 2. The predicted molar refractivity (Wildman–Crippen MR) is 116 cm³/mol. The minimum atomic E-state index is -0.214. The van der Waals surface area contributed by atoms with Crippen molar-refractivity contribution >= 4 is 29.1 Å². The van der Waals surface area contributed by atoms with Gasteiger partial charge in [-0.25, -0.2) is 0 Å². The maximum Gasteiger partial charge on any atom is 0.227 e. The number of carbonyl (C=O) groups excluding carboxylic acids is 2. The second-order valence-electron chi connectivity index (χ2n) is 7.51.